The van der Waals surface area contributed by atoms with Gasteiger partial charge in [0.25, 0.3) is 0 Å². The van der Waals surface area contributed by atoms with E-state index in [0.717, 1.165) is 57.3 Å². The Labute approximate surface area is 174 Å². The maximum absolute atomic E-state index is 13.0. The Hall–Kier alpha value is -0.930. The predicted octanol–water partition coefficient (Wildman–Crippen LogP) is 2.38. The Kier molecular flexibility index (Phi) is 11.1. The Morgan fingerprint density at radius 1 is 1.15 bits per heavy atom. The van der Waals surface area contributed by atoms with Crippen LogP contribution in [0.15, 0.2) is 29.3 Å². The molecule has 1 fully saturated rings. The van der Waals surface area contributed by atoms with Gasteiger partial charge in [-0.3, -0.25) is 0 Å². The number of halogens is 2. The molecule has 1 aliphatic heterocycles. The number of nitrogens with zero attached hydrogens (tertiary/aromatic N) is 3. The van der Waals surface area contributed by atoms with Crippen molar-refractivity contribution in [1.29, 1.82) is 0 Å². The molecule has 0 spiro atoms. The van der Waals surface area contributed by atoms with E-state index in [-0.39, 0.29) is 29.8 Å². The number of aliphatic imine (C=N–C) groups is 1. The number of nitrogens with one attached hydrogen (secondary N) is 2. The van der Waals surface area contributed by atoms with Crippen molar-refractivity contribution in [2.45, 2.75) is 20.4 Å². The van der Waals surface area contributed by atoms with Crippen molar-refractivity contribution in [3.8, 4) is 0 Å². The predicted molar refractivity (Wildman–Crippen MR) is 118 cm³/mol. The summed E-state index contributed by atoms with van der Waals surface area (Å²) >= 11 is 0. The summed E-state index contributed by atoms with van der Waals surface area (Å²) in [5, 5.41) is 6.70. The van der Waals surface area contributed by atoms with Crippen LogP contribution in [0.1, 0.15) is 19.4 Å². The van der Waals surface area contributed by atoms with Crippen molar-refractivity contribution in [2.24, 2.45) is 10.9 Å². The molecular weight excluding hydrogens is 444 g/mol. The van der Waals surface area contributed by atoms with Gasteiger partial charge in [-0.1, -0.05) is 19.1 Å². The fraction of sp³-hybridized carbons (Fsp3) is 0.632. The summed E-state index contributed by atoms with van der Waals surface area (Å²) in [6.07, 6.45) is 0. The molecule has 5 nitrogen and oxygen atoms in total. The lowest BCUT2D eigenvalue weighted by molar-refractivity contribution is 0.139. The first-order valence-corrected chi connectivity index (χ1v) is 9.24. The first kappa shape index (κ1) is 23.1. The van der Waals surface area contributed by atoms with Crippen LogP contribution in [-0.2, 0) is 6.54 Å². The average molecular weight is 477 g/mol. The van der Waals surface area contributed by atoms with Gasteiger partial charge in [0.2, 0.25) is 0 Å². The van der Waals surface area contributed by atoms with E-state index in [4.69, 9.17) is 0 Å². The van der Waals surface area contributed by atoms with Crippen molar-refractivity contribution in [3.05, 3.63) is 35.6 Å². The molecule has 0 aliphatic carbocycles. The van der Waals surface area contributed by atoms with Gasteiger partial charge < -0.3 is 20.4 Å². The van der Waals surface area contributed by atoms with Crippen LogP contribution in [0.4, 0.5) is 4.39 Å². The molecule has 26 heavy (non-hydrogen) atoms. The zero-order valence-corrected chi connectivity index (χ0v) is 18.5. The SMILES string of the molecule is CCNC(=NCc1ccc(F)cc1)NCC(C)CN1CCN(C)CC1.I. The molecule has 1 aromatic rings. The lowest BCUT2D eigenvalue weighted by Crippen LogP contribution is -2.47. The smallest absolute Gasteiger partial charge is 0.191 e. The van der Waals surface area contributed by atoms with Gasteiger partial charge in [0.05, 0.1) is 6.54 Å². The van der Waals surface area contributed by atoms with E-state index in [1.165, 1.54) is 12.1 Å². The number of likely N-dealkylation sites (N-methyl/N-ethyl adjacent to an activating group) is 1. The summed E-state index contributed by atoms with van der Waals surface area (Å²) in [5.74, 6) is 1.16. The molecule has 1 aromatic carbocycles. The zero-order valence-electron chi connectivity index (χ0n) is 16.2. The van der Waals surface area contributed by atoms with Gasteiger partial charge in [0.15, 0.2) is 5.96 Å². The van der Waals surface area contributed by atoms with Crippen molar-refractivity contribution >= 4 is 29.9 Å². The molecule has 7 heteroatoms. The molecule has 1 unspecified atom stereocenters. The van der Waals surface area contributed by atoms with Crippen LogP contribution in [-0.4, -0.2) is 68.6 Å². The van der Waals surface area contributed by atoms with Crippen LogP contribution < -0.4 is 10.6 Å². The van der Waals surface area contributed by atoms with Crippen molar-refractivity contribution in [2.75, 3.05) is 52.9 Å². The summed E-state index contributed by atoms with van der Waals surface area (Å²) in [5.41, 5.74) is 1.00. The van der Waals surface area contributed by atoms with E-state index >= 15 is 0 Å². The highest BCUT2D eigenvalue weighted by atomic mass is 127. The first-order valence-electron chi connectivity index (χ1n) is 9.24. The van der Waals surface area contributed by atoms with Gasteiger partial charge in [-0.2, -0.15) is 0 Å². The van der Waals surface area contributed by atoms with Crippen LogP contribution in [0, 0.1) is 11.7 Å². The van der Waals surface area contributed by atoms with Crippen LogP contribution in [0.2, 0.25) is 0 Å². The third kappa shape index (κ3) is 8.64. The minimum atomic E-state index is -0.213. The standard InChI is InChI=1S/C19H32FN5.HI/c1-4-21-19(23-14-17-5-7-18(20)8-6-17)22-13-16(2)15-25-11-9-24(3)10-12-25;/h5-8,16H,4,9-15H2,1-3H3,(H2,21,22,23);1H. The van der Waals surface area contributed by atoms with E-state index in [1.54, 1.807) is 12.1 Å². The molecule has 1 atom stereocenters. The van der Waals surface area contributed by atoms with Gasteiger partial charge in [0.1, 0.15) is 5.82 Å². The monoisotopic (exact) mass is 477 g/mol. The van der Waals surface area contributed by atoms with Gasteiger partial charge >= 0.3 is 0 Å². The van der Waals surface area contributed by atoms with Crippen LogP contribution in [0.3, 0.4) is 0 Å². The minimum Gasteiger partial charge on any atom is -0.357 e. The largest absolute Gasteiger partial charge is 0.357 e. The number of hydrogen-bond donors (Lipinski definition) is 2. The van der Waals surface area contributed by atoms with E-state index in [1.807, 2.05) is 0 Å². The summed E-state index contributed by atoms with van der Waals surface area (Å²) in [6.45, 7) is 12.3. The average Bonchev–Trinajstić information content (AvgIpc) is 2.61. The molecule has 0 bridgehead atoms. The highest BCUT2D eigenvalue weighted by Gasteiger charge is 2.16. The summed E-state index contributed by atoms with van der Waals surface area (Å²) in [4.78, 5) is 9.51. The normalized spacial score (nSPS) is 17.5. The van der Waals surface area contributed by atoms with E-state index in [2.05, 4.69) is 46.3 Å². The quantitative estimate of drug-likeness (QED) is 0.360. The highest BCUT2D eigenvalue weighted by Crippen LogP contribution is 2.05. The van der Waals surface area contributed by atoms with Gasteiger partial charge in [-0.05, 0) is 37.6 Å². The van der Waals surface area contributed by atoms with Crippen LogP contribution >= 0.6 is 24.0 Å². The second-order valence-electron chi connectivity index (χ2n) is 6.91. The molecule has 2 N–H and O–H groups in total. The lowest BCUT2D eigenvalue weighted by Gasteiger charge is -2.34. The Balaban J connectivity index is 0.00000338. The maximum Gasteiger partial charge on any atom is 0.191 e. The second kappa shape index (κ2) is 12.5. The minimum absolute atomic E-state index is 0. The fourth-order valence-electron chi connectivity index (χ4n) is 2.91. The molecule has 1 heterocycles. The summed E-state index contributed by atoms with van der Waals surface area (Å²) in [6, 6.07) is 6.50. The van der Waals surface area contributed by atoms with E-state index in [0.29, 0.717) is 12.5 Å². The number of piperazine rings is 1. The van der Waals surface area contributed by atoms with E-state index in [9.17, 15) is 4.39 Å². The molecule has 0 aromatic heterocycles. The van der Waals surface area contributed by atoms with Crippen LogP contribution in [0.5, 0.6) is 0 Å². The third-order valence-corrected chi connectivity index (χ3v) is 4.46. The Morgan fingerprint density at radius 3 is 2.42 bits per heavy atom. The first-order chi connectivity index (χ1) is 12.1. The van der Waals surface area contributed by atoms with Crippen molar-refractivity contribution in [1.82, 2.24) is 20.4 Å². The molecule has 0 saturated carbocycles. The van der Waals surface area contributed by atoms with E-state index < -0.39 is 0 Å². The molecule has 1 aliphatic rings. The zero-order chi connectivity index (χ0) is 18.1. The summed E-state index contributed by atoms with van der Waals surface area (Å²) < 4.78 is 13.0. The number of benzene rings is 1. The Morgan fingerprint density at radius 2 is 1.81 bits per heavy atom. The van der Waals surface area contributed by atoms with Crippen LogP contribution in [0.25, 0.3) is 0 Å². The molecule has 0 amide bonds. The number of hydrogen-bond acceptors (Lipinski definition) is 3. The fourth-order valence-corrected chi connectivity index (χ4v) is 2.91. The topological polar surface area (TPSA) is 42.9 Å². The van der Waals surface area contributed by atoms with Crippen molar-refractivity contribution in [3.63, 3.8) is 0 Å². The highest BCUT2D eigenvalue weighted by molar-refractivity contribution is 14.0. The molecule has 1 saturated heterocycles. The number of guanidine groups is 1. The van der Waals surface area contributed by atoms with Gasteiger partial charge in [-0.15, -0.1) is 24.0 Å². The Bertz CT molecular complexity index is 529. The third-order valence-electron chi connectivity index (χ3n) is 4.46. The van der Waals surface area contributed by atoms with Crippen molar-refractivity contribution < 1.29 is 4.39 Å². The molecular formula is C19H33FIN5. The number of rotatable bonds is 7. The second-order valence-corrected chi connectivity index (χ2v) is 6.91. The molecule has 148 valence electrons. The molecule has 0 radical (unpaired) electrons. The lowest BCUT2D eigenvalue weighted by atomic mass is 10.1. The van der Waals surface area contributed by atoms with Gasteiger partial charge in [0, 0.05) is 45.8 Å². The maximum atomic E-state index is 13.0. The molecule has 2 rings (SSSR count). The summed E-state index contributed by atoms with van der Waals surface area (Å²) in [7, 11) is 2.18. The van der Waals surface area contributed by atoms with Gasteiger partial charge in [-0.25, -0.2) is 9.38 Å².